The third-order valence-corrected chi connectivity index (χ3v) is 2.07. The summed E-state index contributed by atoms with van der Waals surface area (Å²) < 4.78 is 5.29. The molecule has 0 heterocycles. The van der Waals surface area contributed by atoms with Crippen molar-refractivity contribution >= 4 is 5.97 Å². The lowest BCUT2D eigenvalue weighted by Crippen LogP contribution is -2.40. The van der Waals surface area contributed by atoms with Crippen LogP contribution in [0, 0.1) is 5.92 Å². The van der Waals surface area contributed by atoms with Gasteiger partial charge in [-0.1, -0.05) is 13.8 Å². The van der Waals surface area contributed by atoms with Gasteiger partial charge in [-0.15, -0.1) is 0 Å². The summed E-state index contributed by atoms with van der Waals surface area (Å²) in [6.45, 7) is 9.02. The molecule has 102 valence electrons. The molecule has 17 heavy (non-hydrogen) atoms. The maximum Gasteiger partial charge on any atom is 0.317 e. The summed E-state index contributed by atoms with van der Waals surface area (Å²) in [6.07, 6.45) is -0.571. The number of aliphatic carboxylic acids is 1. The van der Waals surface area contributed by atoms with Gasteiger partial charge in [-0.05, 0) is 19.8 Å². The standard InChI is InChI=1S/C12H25NO4/c1-9(2)5-13(7-12(15)16)6-11(14)8-17-10(3)4/h9-11,14H,5-8H2,1-4H3,(H,15,16). The maximum absolute atomic E-state index is 10.7. The Hall–Kier alpha value is -0.650. The number of rotatable bonds is 9. The molecule has 1 unspecified atom stereocenters. The van der Waals surface area contributed by atoms with Gasteiger partial charge in [0, 0.05) is 13.1 Å². The Morgan fingerprint density at radius 2 is 1.82 bits per heavy atom. The van der Waals surface area contributed by atoms with Crippen LogP contribution < -0.4 is 0 Å². The predicted octanol–water partition coefficient (Wildman–Crippen LogP) is 0.815. The van der Waals surface area contributed by atoms with Gasteiger partial charge in [0.15, 0.2) is 0 Å². The highest BCUT2D eigenvalue weighted by atomic mass is 16.5. The molecule has 0 spiro atoms. The zero-order valence-electron chi connectivity index (χ0n) is 11.2. The van der Waals surface area contributed by atoms with Crippen LogP contribution in [-0.4, -0.2) is 59.5 Å². The van der Waals surface area contributed by atoms with E-state index < -0.39 is 12.1 Å². The van der Waals surface area contributed by atoms with E-state index in [-0.39, 0.29) is 19.3 Å². The van der Waals surface area contributed by atoms with E-state index in [1.165, 1.54) is 0 Å². The summed E-state index contributed by atoms with van der Waals surface area (Å²) in [6, 6.07) is 0. The number of nitrogens with zero attached hydrogens (tertiary/aromatic N) is 1. The van der Waals surface area contributed by atoms with Crippen molar-refractivity contribution in [1.82, 2.24) is 4.90 Å². The van der Waals surface area contributed by atoms with E-state index in [0.717, 1.165) is 0 Å². The van der Waals surface area contributed by atoms with E-state index in [0.29, 0.717) is 19.0 Å². The Bertz CT molecular complexity index is 219. The molecule has 0 aliphatic heterocycles. The van der Waals surface area contributed by atoms with Gasteiger partial charge in [0.25, 0.3) is 0 Å². The minimum atomic E-state index is -0.873. The minimum Gasteiger partial charge on any atom is -0.480 e. The van der Waals surface area contributed by atoms with Crippen molar-refractivity contribution in [2.45, 2.75) is 39.9 Å². The molecule has 0 fully saturated rings. The molecule has 0 saturated carbocycles. The molecule has 0 rings (SSSR count). The molecule has 0 amide bonds. The Morgan fingerprint density at radius 3 is 2.24 bits per heavy atom. The zero-order valence-corrected chi connectivity index (χ0v) is 11.2. The molecule has 0 radical (unpaired) electrons. The first-order valence-electron chi connectivity index (χ1n) is 6.05. The van der Waals surface area contributed by atoms with Crippen molar-refractivity contribution in [3.63, 3.8) is 0 Å². The summed E-state index contributed by atoms with van der Waals surface area (Å²) in [4.78, 5) is 12.4. The lowest BCUT2D eigenvalue weighted by atomic mass is 10.2. The fourth-order valence-electron chi connectivity index (χ4n) is 1.57. The van der Waals surface area contributed by atoms with Crippen LogP contribution in [0.3, 0.4) is 0 Å². The van der Waals surface area contributed by atoms with Crippen LogP contribution in [0.25, 0.3) is 0 Å². The SMILES string of the molecule is CC(C)CN(CC(=O)O)CC(O)COC(C)C. The third kappa shape index (κ3) is 10.2. The first kappa shape index (κ1) is 16.4. The molecular weight excluding hydrogens is 222 g/mol. The summed E-state index contributed by atoms with van der Waals surface area (Å²) in [5.41, 5.74) is 0. The lowest BCUT2D eigenvalue weighted by molar-refractivity contribution is -0.138. The quantitative estimate of drug-likeness (QED) is 0.631. The van der Waals surface area contributed by atoms with Crippen LogP contribution in [0.4, 0.5) is 0 Å². The maximum atomic E-state index is 10.7. The average Bonchev–Trinajstić information content (AvgIpc) is 2.12. The number of aliphatic hydroxyl groups excluding tert-OH is 1. The molecule has 2 N–H and O–H groups in total. The van der Waals surface area contributed by atoms with Gasteiger partial charge in [0.2, 0.25) is 0 Å². The number of aliphatic hydroxyl groups is 1. The second-order valence-corrected chi connectivity index (χ2v) is 5.02. The van der Waals surface area contributed by atoms with Crippen molar-refractivity contribution < 1.29 is 19.7 Å². The van der Waals surface area contributed by atoms with Crippen LogP contribution in [0.5, 0.6) is 0 Å². The molecule has 0 aromatic heterocycles. The zero-order chi connectivity index (χ0) is 13.4. The summed E-state index contributed by atoms with van der Waals surface area (Å²) in [5.74, 6) is -0.504. The summed E-state index contributed by atoms with van der Waals surface area (Å²) in [5, 5.41) is 18.5. The van der Waals surface area contributed by atoms with Gasteiger partial charge >= 0.3 is 5.97 Å². The second-order valence-electron chi connectivity index (χ2n) is 5.02. The smallest absolute Gasteiger partial charge is 0.317 e. The third-order valence-electron chi connectivity index (χ3n) is 2.07. The monoisotopic (exact) mass is 247 g/mol. The Morgan fingerprint density at radius 1 is 1.24 bits per heavy atom. The van der Waals surface area contributed by atoms with Crippen molar-refractivity contribution in [1.29, 1.82) is 0 Å². The molecule has 0 bridgehead atoms. The van der Waals surface area contributed by atoms with E-state index >= 15 is 0 Å². The Kier molecular flexibility index (Phi) is 8.12. The average molecular weight is 247 g/mol. The number of hydrogen-bond donors (Lipinski definition) is 2. The first-order chi connectivity index (χ1) is 7.81. The number of carbonyl (C=O) groups is 1. The van der Waals surface area contributed by atoms with E-state index in [1.807, 2.05) is 27.7 Å². The van der Waals surface area contributed by atoms with Crippen LogP contribution >= 0.6 is 0 Å². The first-order valence-corrected chi connectivity index (χ1v) is 6.05. The van der Waals surface area contributed by atoms with E-state index in [1.54, 1.807) is 4.90 Å². The fourth-order valence-corrected chi connectivity index (χ4v) is 1.57. The van der Waals surface area contributed by atoms with Crippen molar-refractivity contribution in [3.8, 4) is 0 Å². The van der Waals surface area contributed by atoms with Gasteiger partial charge < -0.3 is 14.9 Å². The predicted molar refractivity (Wildman–Crippen MR) is 66.0 cm³/mol. The number of carboxylic acids is 1. The Labute approximate surface area is 103 Å². The highest BCUT2D eigenvalue weighted by molar-refractivity contribution is 5.69. The van der Waals surface area contributed by atoms with E-state index in [4.69, 9.17) is 9.84 Å². The summed E-state index contributed by atoms with van der Waals surface area (Å²) >= 11 is 0. The van der Waals surface area contributed by atoms with Crippen molar-refractivity contribution in [2.75, 3.05) is 26.2 Å². The van der Waals surface area contributed by atoms with Crippen LogP contribution in [0.15, 0.2) is 0 Å². The highest BCUT2D eigenvalue weighted by Gasteiger charge is 2.16. The Balaban J connectivity index is 4.07. The van der Waals surface area contributed by atoms with E-state index in [2.05, 4.69) is 0 Å². The molecular formula is C12H25NO4. The van der Waals surface area contributed by atoms with Crippen molar-refractivity contribution in [3.05, 3.63) is 0 Å². The molecule has 0 aliphatic carbocycles. The molecule has 5 heteroatoms. The van der Waals surface area contributed by atoms with Gasteiger partial charge in [-0.2, -0.15) is 0 Å². The van der Waals surface area contributed by atoms with Crippen LogP contribution in [-0.2, 0) is 9.53 Å². The summed E-state index contributed by atoms with van der Waals surface area (Å²) in [7, 11) is 0. The van der Waals surface area contributed by atoms with E-state index in [9.17, 15) is 9.90 Å². The molecule has 0 saturated heterocycles. The van der Waals surface area contributed by atoms with Gasteiger partial charge in [-0.25, -0.2) is 0 Å². The lowest BCUT2D eigenvalue weighted by Gasteiger charge is -2.25. The van der Waals surface area contributed by atoms with Gasteiger partial charge in [0.1, 0.15) is 0 Å². The highest BCUT2D eigenvalue weighted by Crippen LogP contribution is 2.01. The fraction of sp³-hybridized carbons (Fsp3) is 0.917. The number of hydrogen-bond acceptors (Lipinski definition) is 4. The number of carboxylic acid groups (broad SMARTS) is 1. The largest absolute Gasteiger partial charge is 0.480 e. The number of ether oxygens (including phenoxy) is 1. The second kappa shape index (κ2) is 8.44. The van der Waals surface area contributed by atoms with Gasteiger partial charge in [-0.3, -0.25) is 9.69 Å². The normalized spacial score (nSPS) is 13.6. The molecule has 0 aromatic rings. The molecule has 0 aromatic carbocycles. The minimum absolute atomic E-state index is 0.0447. The topological polar surface area (TPSA) is 70.0 Å². The molecule has 1 atom stereocenters. The molecule has 5 nitrogen and oxygen atoms in total. The molecule has 0 aliphatic rings. The van der Waals surface area contributed by atoms with Gasteiger partial charge in [0.05, 0.1) is 25.4 Å². The van der Waals surface area contributed by atoms with Crippen LogP contribution in [0.1, 0.15) is 27.7 Å². The van der Waals surface area contributed by atoms with Crippen molar-refractivity contribution in [2.24, 2.45) is 5.92 Å². The van der Waals surface area contributed by atoms with Crippen LogP contribution in [0.2, 0.25) is 0 Å².